The van der Waals surface area contributed by atoms with Crippen LogP contribution in [0.15, 0.2) is 6.33 Å². The van der Waals surface area contributed by atoms with Crippen LogP contribution in [0.4, 0.5) is 5.95 Å². The third-order valence-corrected chi connectivity index (χ3v) is 2.57. The fourth-order valence-corrected chi connectivity index (χ4v) is 1.68. The van der Waals surface area contributed by atoms with E-state index in [0.717, 1.165) is 25.8 Å². The van der Waals surface area contributed by atoms with Gasteiger partial charge in [-0.25, -0.2) is 4.68 Å². The summed E-state index contributed by atoms with van der Waals surface area (Å²) in [6.45, 7) is 0.914. The minimum Gasteiger partial charge on any atom is -0.306 e. The summed E-state index contributed by atoms with van der Waals surface area (Å²) < 4.78 is 1.54. The Balaban J connectivity index is 1.94. The number of hydrogen-bond donors (Lipinski definition) is 2. The van der Waals surface area contributed by atoms with Gasteiger partial charge in [0.05, 0.1) is 6.04 Å². The van der Waals surface area contributed by atoms with E-state index in [9.17, 15) is 4.79 Å². The first-order chi connectivity index (χ1) is 7.27. The van der Waals surface area contributed by atoms with Gasteiger partial charge in [0, 0.05) is 7.05 Å². The molecular weight excluding hydrogens is 194 g/mol. The number of carbonyl (C=O) groups is 1. The molecule has 1 atom stereocenters. The Morgan fingerprint density at radius 3 is 3.13 bits per heavy atom. The number of nitrogens with zero attached hydrogens (tertiary/aromatic N) is 3. The lowest BCUT2D eigenvalue weighted by molar-refractivity contribution is -0.118. The zero-order valence-electron chi connectivity index (χ0n) is 8.73. The average molecular weight is 209 g/mol. The lowest BCUT2D eigenvalue weighted by atomic mass is 10.0. The Hall–Kier alpha value is -1.43. The van der Waals surface area contributed by atoms with E-state index in [2.05, 4.69) is 20.7 Å². The molecule has 15 heavy (non-hydrogen) atoms. The number of aromatic nitrogens is 3. The average Bonchev–Trinajstić information content (AvgIpc) is 2.66. The van der Waals surface area contributed by atoms with Gasteiger partial charge in [-0.15, -0.1) is 0 Å². The van der Waals surface area contributed by atoms with Crippen molar-refractivity contribution < 1.29 is 4.79 Å². The molecule has 1 aliphatic rings. The van der Waals surface area contributed by atoms with E-state index >= 15 is 0 Å². The number of aryl methyl sites for hydroxylation is 1. The summed E-state index contributed by atoms with van der Waals surface area (Å²) in [5.74, 6) is 0.471. The maximum atomic E-state index is 11.8. The summed E-state index contributed by atoms with van der Waals surface area (Å²) in [6, 6.07) is -0.0875. The van der Waals surface area contributed by atoms with Crippen LogP contribution in [0.25, 0.3) is 0 Å². The first-order valence-electron chi connectivity index (χ1n) is 5.15. The second-order valence-corrected chi connectivity index (χ2v) is 3.70. The Bertz CT molecular complexity index is 342. The molecule has 0 unspecified atom stereocenters. The highest BCUT2D eigenvalue weighted by Crippen LogP contribution is 2.09. The van der Waals surface area contributed by atoms with Crippen LogP contribution < -0.4 is 10.6 Å². The van der Waals surface area contributed by atoms with Gasteiger partial charge in [0.25, 0.3) is 0 Å². The van der Waals surface area contributed by atoms with E-state index in [0.29, 0.717) is 5.95 Å². The maximum absolute atomic E-state index is 11.8. The van der Waals surface area contributed by atoms with Crippen molar-refractivity contribution in [3.63, 3.8) is 0 Å². The fourth-order valence-electron chi connectivity index (χ4n) is 1.68. The summed E-state index contributed by atoms with van der Waals surface area (Å²) >= 11 is 0. The molecule has 1 aromatic rings. The van der Waals surface area contributed by atoms with Crippen molar-refractivity contribution in [2.45, 2.75) is 25.3 Å². The molecule has 0 saturated carbocycles. The second-order valence-electron chi connectivity index (χ2n) is 3.70. The predicted molar refractivity (Wildman–Crippen MR) is 55.3 cm³/mol. The van der Waals surface area contributed by atoms with Gasteiger partial charge in [-0.3, -0.25) is 10.1 Å². The predicted octanol–water partition coefficient (Wildman–Crippen LogP) is -0.104. The maximum Gasteiger partial charge on any atom is 0.243 e. The number of nitrogens with one attached hydrogen (secondary N) is 2. The molecule has 6 nitrogen and oxygen atoms in total. The molecule has 1 fully saturated rings. The Kier molecular flexibility index (Phi) is 2.96. The van der Waals surface area contributed by atoms with Crippen LogP contribution in [0.3, 0.4) is 0 Å². The summed E-state index contributed by atoms with van der Waals surface area (Å²) in [4.78, 5) is 15.7. The van der Waals surface area contributed by atoms with Gasteiger partial charge in [0.15, 0.2) is 0 Å². The van der Waals surface area contributed by atoms with Crippen molar-refractivity contribution in [1.29, 1.82) is 0 Å². The van der Waals surface area contributed by atoms with Crippen LogP contribution in [0.5, 0.6) is 0 Å². The van der Waals surface area contributed by atoms with Crippen LogP contribution in [-0.4, -0.2) is 33.3 Å². The van der Waals surface area contributed by atoms with E-state index in [4.69, 9.17) is 0 Å². The highest BCUT2D eigenvalue weighted by atomic mass is 16.2. The zero-order chi connectivity index (χ0) is 10.7. The van der Waals surface area contributed by atoms with E-state index in [1.54, 1.807) is 11.7 Å². The lowest BCUT2D eigenvalue weighted by Gasteiger charge is -2.21. The van der Waals surface area contributed by atoms with Crippen LogP contribution in [0, 0.1) is 0 Å². The molecular formula is C9H15N5O. The second kappa shape index (κ2) is 4.39. The summed E-state index contributed by atoms with van der Waals surface area (Å²) in [7, 11) is 1.75. The molecule has 6 heteroatoms. The van der Waals surface area contributed by atoms with Gasteiger partial charge in [-0.05, 0) is 19.4 Å². The molecule has 1 amide bonds. The first-order valence-corrected chi connectivity index (χ1v) is 5.15. The van der Waals surface area contributed by atoms with Crippen LogP contribution in [0.2, 0.25) is 0 Å². The van der Waals surface area contributed by atoms with Crippen LogP contribution >= 0.6 is 0 Å². The first kappa shape index (κ1) is 10.1. The van der Waals surface area contributed by atoms with E-state index in [1.807, 2.05) is 0 Å². The molecule has 2 N–H and O–H groups in total. The number of hydrogen-bond acceptors (Lipinski definition) is 4. The van der Waals surface area contributed by atoms with Gasteiger partial charge < -0.3 is 5.32 Å². The Morgan fingerprint density at radius 1 is 1.67 bits per heavy atom. The smallest absolute Gasteiger partial charge is 0.243 e. The molecule has 2 rings (SSSR count). The quantitative estimate of drug-likeness (QED) is 0.713. The standard InChI is InChI=1S/C9H15N5O/c1-14-9(11-6-12-14)13-8(15)7-4-2-3-5-10-7/h6-7,10H,2-5H2,1H3,(H,11,12,13,15)/t7-/m1/s1. The lowest BCUT2D eigenvalue weighted by Crippen LogP contribution is -2.43. The highest BCUT2D eigenvalue weighted by molar-refractivity contribution is 5.93. The normalized spacial score (nSPS) is 21.3. The Morgan fingerprint density at radius 2 is 2.53 bits per heavy atom. The molecule has 0 aromatic carbocycles. The van der Waals surface area contributed by atoms with Gasteiger partial charge in [-0.2, -0.15) is 10.1 Å². The van der Waals surface area contributed by atoms with Crippen molar-refractivity contribution in [2.75, 3.05) is 11.9 Å². The number of piperidine rings is 1. The molecule has 1 aliphatic heterocycles. The fraction of sp³-hybridized carbons (Fsp3) is 0.667. The summed E-state index contributed by atoms with van der Waals surface area (Å²) in [5, 5.41) is 9.81. The third kappa shape index (κ3) is 2.33. The van der Waals surface area contributed by atoms with Gasteiger partial charge in [-0.1, -0.05) is 6.42 Å². The third-order valence-electron chi connectivity index (χ3n) is 2.57. The molecule has 82 valence electrons. The number of amides is 1. The van der Waals surface area contributed by atoms with Crippen molar-refractivity contribution in [1.82, 2.24) is 20.1 Å². The van der Waals surface area contributed by atoms with Crippen molar-refractivity contribution in [2.24, 2.45) is 7.05 Å². The SMILES string of the molecule is Cn1ncnc1NC(=O)[C@H]1CCCCN1. The summed E-state index contributed by atoms with van der Waals surface area (Å²) in [6.07, 6.45) is 4.56. The topological polar surface area (TPSA) is 71.8 Å². The minimum absolute atomic E-state index is 0.0224. The van der Waals surface area contributed by atoms with Crippen LogP contribution in [0.1, 0.15) is 19.3 Å². The number of carbonyl (C=O) groups excluding carboxylic acids is 1. The Labute approximate surface area is 88.1 Å². The molecule has 0 bridgehead atoms. The largest absolute Gasteiger partial charge is 0.306 e. The monoisotopic (exact) mass is 209 g/mol. The van der Waals surface area contributed by atoms with Crippen molar-refractivity contribution in [3.05, 3.63) is 6.33 Å². The van der Waals surface area contributed by atoms with E-state index in [-0.39, 0.29) is 11.9 Å². The van der Waals surface area contributed by atoms with Crippen molar-refractivity contribution >= 4 is 11.9 Å². The molecule has 1 aromatic heterocycles. The van der Waals surface area contributed by atoms with Gasteiger partial charge >= 0.3 is 0 Å². The highest BCUT2D eigenvalue weighted by Gasteiger charge is 2.21. The zero-order valence-corrected chi connectivity index (χ0v) is 8.73. The molecule has 0 radical (unpaired) electrons. The molecule has 1 saturated heterocycles. The molecule has 2 heterocycles. The van der Waals surface area contributed by atoms with Gasteiger partial charge in [0.2, 0.25) is 11.9 Å². The summed E-state index contributed by atoms with van der Waals surface area (Å²) in [5.41, 5.74) is 0. The molecule has 0 aliphatic carbocycles. The van der Waals surface area contributed by atoms with E-state index in [1.165, 1.54) is 6.33 Å². The van der Waals surface area contributed by atoms with Crippen molar-refractivity contribution in [3.8, 4) is 0 Å². The number of anilines is 1. The van der Waals surface area contributed by atoms with Crippen LogP contribution in [-0.2, 0) is 11.8 Å². The van der Waals surface area contributed by atoms with Gasteiger partial charge in [0.1, 0.15) is 6.33 Å². The van der Waals surface area contributed by atoms with E-state index < -0.39 is 0 Å². The molecule has 0 spiro atoms. The minimum atomic E-state index is -0.0875. The number of rotatable bonds is 2.